The number of benzene rings is 1. The van der Waals surface area contributed by atoms with E-state index in [1.165, 1.54) is 17.5 Å². The average molecular weight is 324 g/mol. The number of aromatic nitrogens is 3. The Morgan fingerprint density at radius 1 is 1.33 bits per heavy atom. The molecule has 24 heavy (non-hydrogen) atoms. The molecule has 2 unspecified atom stereocenters. The number of likely N-dealkylation sites (tertiary alicyclic amines) is 1. The minimum atomic E-state index is 0.276. The maximum Gasteiger partial charge on any atom is 0.223 e. The summed E-state index contributed by atoms with van der Waals surface area (Å²) < 4.78 is 0. The van der Waals surface area contributed by atoms with Crippen LogP contribution in [0.2, 0.25) is 0 Å². The first-order valence-corrected chi connectivity index (χ1v) is 8.95. The van der Waals surface area contributed by atoms with Gasteiger partial charge >= 0.3 is 0 Å². The van der Waals surface area contributed by atoms with Crippen LogP contribution in [0.15, 0.2) is 24.3 Å². The van der Waals surface area contributed by atoms with E-state index in [9.17, 15) is 4.79 Å². The lowest BCUT2D eigenvalue weighted by Crippen LogP contribution is -2.30. The third-order valence-corrected chi connectivity index (χ3v) is 5.44. The lowest BCUT2D eigenvalue weighted by molar-refractivity contribution is -0.130. The molecule has 5 heteroatoms. The van der Waals surface area contributed by atoms with E-state index < -0.39 is 0 Å². The zero-order valence-electron chi connectivity index (χ0n) is 14.2. The molecular weight excluding hydrogens is 300 g/mol. The van der Waals surface area contributed by atoms with E-state index in [2.05, 4.69) is 39.4 Å². The monoisotopic (exact) mass is 324 g/mol. The first-order chi connectivity index (χ1) is 11.7. The lowest BCUT2D eigenvalue weighted by atomic mass is 9.81. The van der Waals surface area contributed by atoms with Crippen molar-refractivity contribution in [2.24, 2.45) is 0 Å². The van der Waals surface area contributed by atoms with Crippen molar-refractivity contribution in [1.29, 1.82) is 0 Å². The highest BCUT2D eigenvalue weighted by Crippen LogP contribution is 2.35. The molecule has 126 valence electrons. The average Bonchev–Trinajstić information content (AvgIpc) is 3.24. The van der Waals surface area contributed by atoms with Gasteiger partial charge in [0.05, 0.1) is 0 Å². The quantitative estimate of drug-likeness (QED) is 0.944. The SMILES string of the molecule is Cc1nc(C2CCN(C(=O)CC3CCCc4ccccc43)C2)n[nH]1. The number of carbonyl (C=O) groups is 1. The number of aryl methyl sites for hydroxylation is 2. The van der Waals surface area contributed by atoms with Gasteiger partial charge in [0.15, 0.2) is 5.82 Å². The highest BCUT2D eigenvalue weighted by molar-refractivity contribution is 5.77. The van der Waals surface area contributed by atoms with E-state index in [1.54, 1.807) is 0 Å². The van der Waals surface area contributed by atoms with E-state index in [0.29, 0.717) is 12.3 Å². The first kappa shape index (κ1) is 15.4. The molecule has 1 aromatic heterocycles. The molecule has 1 saturated heterocycles. The lowest BCUT2D eigenvalue weighted by Gasteiger charge is -2.27. The largest absolute Gasteiger partial charge is 0.342 e. The fraction of sp³-hybridized carbons (Fsp3) is 0.526. The summed E-state index contributed by atoms with van der Waals surface area (Å²) >= 11 is 0. The molecule has 1 aromatic carbocycles. The van der Waals surface area contributed by atoms with Crippen LogP contribution >= 0.6 is 0 Å². The number of amides is 1. The molecule has 2 atom stereocenters. The molecule has 1 aliphatic carbocycles. The van der Waals surface area contributed by atoms with E-state index in [-0.39, 0.29) is 11.8 Å². The molecule has 0 radical (unpaired) electrons. The summed E-state index contributed by atoms with van der Waals surface area (Å²) in [6.45, 7) is 3.49. The second-order valence-electron chi connectivity index (χ2n) is 7.10. The molecule has 5 nitrogen and oxygen atoms in total. The Morgan fingerprint density at radius 3 is 3.04 bits per heavy atom. The van der Waals surface area contributed by atoms with Crippen LogP contribution in [0.25, 0.3) is 0 Å². The molecule has 4 rings (SSSR count). The number of rotatable bonds is 3. The Balaban J connectivity index is 1.41. The summed E-state index contributed by atoms with van der Waals surface area (Å²) in [7, 11) is 0. The molecule has 1 amide bonds. The summed E-state index contributed by atoms with van der Waals surface area (Å²) in [5, 5.41) is 7.16. The summed E-state index contributed by atoms with van der Waals surface area (Å²) in [4.78, 5) is 19.2. The van der Waals surface area contributed by atoms with Gasteiger partial charge < -0.3 is 4.90 Å². The highest BCUT2D eigenvalue weighted by Gasteiger charge is 2.31. The zero-order valence-corrected chi connectivity index (χ0v) is 14.2. The number of nitrogens with one attached hydrogen (secondary N) is 1. The molecule has 0 saturated carbocycles. The summed E-state index contributed by atoms with van der Waals surface area (Å²) in [5.74, 6) is 2.63. The van der Waals surface area contributed by atoms with Crippen molar-refractivity contribution >= 4 is 5.91 Å². The van der Waals surface area contributed by atoms with Crippen LogP contribution in [0, 0.1) is 6.92 Å². The number of nitrogens with zero attached hydrogens (tertiary/aromatic N) is 3. The normalized spacial score (nSPS) is 23.3. The fourth-order valence-corrected chi connectivity index (χ4v) is 4.15. The third-order valence-electron chi connectivity index (χ3n) is 5.44. The van der Waals surface area contributed by atoms with Crippen LogP contribution in [-0.4, -0.2) is 39.1 Å². The topological polar surface area (TPSA) is 61.9 Å². The summed E-state index contributed by atoms with van der Waals surface area (Å²) in [6.07, 6.45) is 5.06. The minimum absolute atomic E-state index is 0.276. The van der Waals surface area contributed by atoms with Crippen LogP contribution < -0.4 is 0 Å². The fourth-order valence-electron chi connectivity index (χ4n) is 4.15. The van der Waals surface area contributed by atoms with Crippen molar-refractivity contribution in [3.8, 4) is 0 Å². The number of hydrogen-bond acceptors (Lipinski definition) is 3. The van der Waals surface area contributed by atoms with Gasteiger partial charge in [0, 0.05) is 25.4 Å². The van der Waals surface area contributed by atoms with E-state index in [1.807, 2.05) is 11.8 Å². The van der Waals surface area contributed by atoms with Crippen molar-refractivity contribution in [1.82, 2.24) is 20.1 Å². The Labute approximate surface area is 142 Å². The third kappa shape index (κ3) is 2.95. The van der Waals surface area contributed by atoms with Crippen molar-refractivity contribution in [3.05, 3.63) is 47.0 Å². The van der Waals surface area contributed by atoms with E-state index in [0.717, 1.165) is 44.0 Å². The smallest absolute Gasteiger partial charge is 0.223 e. The van der Waals surface area contributed by atoms with Crippen molar-refractivity contribution in [2.75, 3.05) is 13.1 Å². The van der Waals surface area contributed by atoms with Gasteiger partial charge in [0.25, 0.3) is 0 Å². The highest BCUT2D eigenvalue weighted by atomic mass is 16.2. The Morgan fingerprint density at radius 2 is 2.21 bits per heavy atom. The van der Waals surface area contributed by atoms with Crippen molar-refractivity contribution in [3.63, 3.8) is 0 Å². The summed E-state index contributed by atoms with van der Waals surface area (Å²) in [5.41, 5.74) is 2.81. The number of fused-ring (bicyclic) bond motifs is 1. The predicted octanol–water partition coefficient (Wildman–Crippen LogP) is 2.94. The van der Waals surface area contributed by atoms with E-state index >= 15 is 0 Å². The molecule has 0 spiro atoms. The second-order valence-corrected chi connectivity index (χ2v) is 7.10. The maximum atomic E-state index is 12.8. The van der Waals surface area contributed by atoms with Crippen LogP contribution in [0.3, 0.4) is 0 Å². The van der Waals surface area contributed by atoms with Crippen molar-refractivity contribution < 1.29 is 4.79 Å². The second kappa shape index (κ2) is 6.38. The van der Waals surface area contributed by atoms with E-state index in [4.69, 9.17) is 0 Å². The van der Waals surface area contributed by atoms with Gasteiger partial charge in [-0.2, -0.15) is 5.10 Å². The standard InChI is InChI=1S/C19H24N4O/c1-13-20-19(22-21-13)16-9-10-23(12-16)18(24)11-15-7-4-6-14-5-2-3-8-17(14)15/h2-3,5,8,15-16H,4,6-7,9-12H2,1H3,(H,20,21,22). The van der Waals surface area contributed by atoms with Gasteiger partial charge in [-0.1, -0.05) is 24.3 Å². The van der Waals surface area contributed by atoms with Gasteiger partial charge in [-0.3, -0.25) is 9.89 Å². The number of hydrogen-bond donors (Lipinski definition) is 1. The first-order valence-electron chi connectivity index (χ1n) is 8.95. The van der Waals surface area contributed by atoms with Crippen LogP contribution in [0.5, 0.6) is 0 Å². The van der Waals surface area contributed by atoms with Crippen LogP contribution in [-0.2, 0) is 11.2 Å². The predicted molar refractivity (Wildman–Crippen MR) is 91.8 cm³/mol. The number of aromatic amines is 1. The molecular formula is C19H24N4O. The molecule has 1 aliphatic heterocycles. The summed E-state index contributed by atoms with van der Waals surface area (Å²) in [6, 6.07) is 8.62. The Hall–Kier alpha value is -2.17. The van der Waals surface area contributed by atoms with Crippen LogP contribution in [0.1, 0.15) is 60.3 Å². The Bertz CT molecular complexity index is 738. The van der Waals surface area contributed by atoms with Gasteiger partial charge in [0.1, 0.15) is 5.82 Å². The van der Waals surface area contributed by atoms with Crippen molar-refractivity contribution in [2.45, 2.75) is 50.9 Å². The van der Waals surface area contributed by atoms with Gasteiger partial charge in [0.2, 0.25) is 5.91 Å². The number of carbonyl (C=O) groups excluding carboxylic acids is 1. The maximum absolute atomic E-state index is 12.8. The molecule has 2 aromatic rings. The van der Waals surface area contributed by atoms with Gasteiger partial charge in [-0.15, -0.1) is 0 Å². The molecule has 1 fully saturated rings. The molecule has 0 bridgehead atoms. The van der Waals surface area contributed by atoms with Gasteiger partial charge in [-0.25, -0.2) is 4.98 Å². The zero-order chi connectivity index (χ0) is 16.5. The minimum Gasteiger partial charge on any atom is -0.342 e. The van der Waals surface area contributed by atoms with Gasteiger partial charge in [-0.05, 0) is 49.7 Å². The molecule has 1 N–H and O–H groups in total. The molecule has 2 aliphatic rings. The van der Waals surface area contributed by atoms with Crippen LogP contribution in [0.4, 0.5) is 0 Å². The molecule has 2 heterocycles. The Kier molecular flexibility index (Phi) is 4.08. The number of H-pyrrole nitrogens is 1.